The van der Waals surface area contributed by atoms with E-state index in [4.69, 9.17) is 0 Å². The van der Waals surface area contributed by atoms with Crippen LogP contribution in [-0.4, -0.2) is 16.8 Å². The molecule has 0 aliphatic heterocycles. The fraction of sp³-hybridized carbons (Fsp3) is 0.211. The summed E-state index contributed by atoms with van der Waals surface area (Å²) in [6, 6.07) is 1.69. The van der Waals surface area contributed by atoms with E-state index < -0.39 is 0 Å². The van der Waals surface area contributed by atoms with Crippen molar-refractivity contribution in [2.24, 2.45) is 11.8 Å². The van der Waals surface area contributed by atoms with Crippen LogP contribution in [0.1, 0.15) is 12.8 Å². The molecule has 0 spiro atoms. The number of nitrogens with one attached hydrogen (secondary N) is 2. The normalized spacial score (nSPS) is 21.5. The Morgan fingerprint density at radius 1 is 0.875 bits per heavy atom. The molecule has 1 heterocycles. The van der Waals surface area contributed by atoms with Crippen molar-refractivity contribution in [2.75, 3.05) is 10.6 Å². The van der Waals surface area contributed by atoms with Crippen molar-refractivity contribution in [2.45, 2.75) is 12.8 Å². The van der Waals surface area contributed by atoms with Gasteiger partial charge in [0.05, 0.1) is 29.4 Å². The Labute approximate surface area is 140 Å². The number of rotatable bonds is 4. The molecule has 122 valence electrons. The SMILES string of the molecule is O=C(Nc1ccncc1NC(=O)C1C=CC=CC1)C1C=CC=CC1. The zero-order valence-electron chi connectivity index (χ0n) is 13.2. The summed E-state index contributed by atoms with van der Waals surface area (Å²) in [5, 5.41) is 5.73. The lowest BCUT2D eigenvalue weighted by Crippen LogP contribution is -2.25. The third kappa shape index (κ3) is 3.87. The van der Waals surface area contributed by atoms with Crippen molar-refractivity contribution in [3.8, 4) is 0 Å². The molecule has 2 aliphatic carbocycles. The van der Waals surface area contributed by atoms with E-state index in [9.17, 15) is 9.59 Å². The molecule has 0 aromatic carbocycles. The standard InChI is InChI=1S/C19H19N3O2/c23-18(14-7-3-1-4-8-14)21-16-11-12-20-13-17(16)22-19(24)15-9-5-2-6-10-15/h1-7,9,11-15H,8,10H2,(H,22,24)(H,20,21,23). The van der Waals surface area contributed by atoms with E-state index in [1.54, 1.807) is 18.5 Å². The predicted molar refractivity (Wildman–Crippen MR) is 94.3 cm³/mol. The second-order valence-electron chi connectivity index (χ2n) is 5.71. The quantitative estimate of drug-likeness (QED) is 0.894. The van der Waals surface area contributed by atoms with E-state index in [2.05, 4.69) is 15.6 Å². The highest BCUT2D eigenvalue weighted by Gasteiger charge is 2.19. The van der Waals surface area contributed by atoms with Crippen LogP contribution in [0.15, 0.2) is 67.1 Å². The van der Waals surface area contributed by atoms with E-state index in [-0.39, 0.29) is 23.7 Å². The number of pyridine rings is 1. The van der Waals surface area contributed by atoms with Gasteiger partial charge in [-0.3, -0.25) is 14.6 Å². The number of amides is 2. The summed E-state index contributed by atoms with van der Waals surface area (Å²) in [6.45, 7) is 0. The first-order valence-corrected chi connectivity index (χ1v) is 7.96. The van der Waals surface area contributed by atoms with Crippen molar-refractivity contribution in [3.05, 3.63) is 67.1 Å². The monoisotopic (exact) mass is 321 g/mol. The van der Waals surface area contributed by atoms with Crippen LogP contribution in [0.25, 0.3) is 0 Å². The summed E-state index contributed by atoms with van der Waals surface area (Å²) in [5.74, 6) is -0.610. The molecule has 1 aromatic heterocycles. The minimum Gasteiger partial charge on any atom is -0.324 e. The smallest absolute Gasteiger partial charge is 0.231 e. The molecule has 5 nitrogen and oxygen atoms in total. The van der Waals surface area contributed by atoms with Crippen molar-refractivity contribution in [3.63, 3.8) is 0 Å². The van der Waals surface area contributed by atoms with Crippen molar-refractivity contribution >= 4 is 23.2 Å². The van der Waals surface area contributed by atoms with E-state index in [0.717, 1.165) is 0 Å². The molecule has 2 amide bonds. The lowest BCUT2D eigenvalue weighted by molar-refractivity contribution is -0.119. The molecule has 0 bridgehead atoms. The number of carbonyl (C=O) groups excluding carboxylic acids is 2. The highest BCUT2D eigenvalue weighted by atomic mass is 16.2. The zero-order chi connectivity index (χ0) is 16.8. The van der Waals surface area contributed by atoms with Gasteiger partial charge in [-0.25, -0.2) is 0 Å². The maximum atomic E-state index is 12.4. The van der Waals surface area contributed by atoms with E-state index in [0.29, 0.717) is 24.2 Å². The Balaban J connectivity index is 1.68. The molecule has 2 unspecified atom stereocenters. The highest BCUT2D eigenvalue weighted by molar-refractivity contribution is 6.01. The summed E-state index contributed by atoms with van der Waals surface area (Å²) in [5.41, 5.74) is 1.07. The van der Waals surface area contributed by atoms with Crippen molar-refractivity contribution < 1.29 is 9.59 Å². The van der Waals surface area contributed by atoms with Gasteiger partial charge >= 0.3 is 0 Å². The maximum Gasteiger partial charge on any atom is 0.231 e. The third-order valence-electron chi connectivity index (χ3n) is 3.97. The van der Waals surface area contributed by atoms with Crippen molar-refractivity contribution in [1.29, 1.82) is 0 Å². The summed E-state index contributed by atoms with van der Waals surface area (Å²) >= 11 is 0. The number of hydrogen-bond donors (Lipinski definition) is 2. The van der Waals surface area contributed by atoms with E-state index >= 15 is 0 Å². The molecule has 2 N–H and O–H groups in total. The first kappa shape index (κ1) is 15.9. The fourth-order valence-corrected chi connectivity index (χ4v) is 2.60. The average Bonchev–Trinajstić information content (AvgIpc) is 2.64. The van der Waals surface area contributed by atoms with E-state index in [1.807, 2.05) is 48.6 Å². The van der Waals surface area contributed by atoms with Crippen LogP contribution in [0.2, 0.25) is 0 Å². The molecule has 0 fully saturated rings. The molecule has 3 rings (SSSR count). The van der Waals surface area contributed by atoms with Gasteiger partial charge in [-0.2, -0.15) is 0 Å². The minimum absolute atomic E-state index is 0.0993. The van der Waals surface area contributed by atoms with Crippen LogP contribution in [0, 0.1) is 11.8 Å². The molecule has 0 radical (unpaired) electrons. The molecular formula is C19H19N3O2. The van der Waals surface area contributed by atoms with Gasteiger partial charge in [-0.05, 0) is 18.9 Å². The van der Waals surface area contributed by atoms with Gasteiger partial charge < -0.3 is 10.6 Å². The Morgan fingerprint density at radius 2 is 1.46 bits per heavy atom. The molecule has 0 saturated heterocycles. The Bertz CT molecular complexity index is 684. The highest BCUT2D eigenvalue weighted by Crippen LogP contribution is 2.24. The number of carbonyl (C=O) groups is 2. The zero-order valence-corrected chi connectivity index (χ0v) is 13.2. The molecule has 2 aliphatic rings. The van der Waals surface area contributed by atoms with Crippen LogP contribution < -0.4 is 10.6 Å². The van der Waals surface area contributed by atoms with Crippen molar-refractivity contribution in [1.82, 2.24) is 4.98 Å². The average molecular weight is 321 g/mol. The first-order chi connectivity index (χ1) is 11.7. The number of anilines is 2. The summed E-state index contributed by atoms with van der Waals surface area (Å²) < 4.78 is 0. The minimum atomic E-state index is -0.204. The van der Waals surface area contributed by atoms with E-state index in [1.165, 1.54) is 0 Å². The first-order valence-electron chi connectivity index (χ1n) is 7.96. The second kappa shape index (κ2) is 7.55. The van der Waals surface area contributed by atoms with Gasteiger partial charge in [0.25, 0.3) is 0 Å². The molecule has 24 heavy (non-hydrogen) atoms. The van der Waals surface area contributed by atoms with Gasteiger partial charge in [-0.1, -0.05) is 48.6 Å². The number of aromatic nitrogens is 1. The Kier molecular flexibility index (Phi) is 5.01. The number of hydrogen-bond acceptors (Lipinski definition) is 3. The molecule has 1 aromatic rings. The Hall–Kier alpha value is -2.95. The van der Waals surface area contributed by atoms with Gasteiger partial charge in [-0.15, -0.1) is 0 Å². The fourth-order valence-electron chi connectivity index (χ4n) is 2.60. The van der Waals surface area contributed by atoms with Gasteiger partial charge in [0.1, 0.15) is 0 Å². The maximum absolute atomic E-state index is 12.4. The largest absolute Gasteiger partial charge is 0.324 e. The topological polar surface area (TPSA) is 71.1 Å². The van der Waals surface area contributed by atoms with Crippen LogP contribution in [0.3, 0.4) is 0 Å². The molecular weight excluding hydrogens is 302 g/mol. The van der Waals surface area contributed by atoms with Crippen LogP contribution in [-0.2, 0) is 9.59 Å². The van der Waals surface area contributed by atoms with Crippen LogP contribution in [0.4, 0.5) is 11.4 Å². The molecule has 5 heteroatoms. The number of allylic oxidation sites excluding steroid dienone is 6. The van der Waals surface area contributed by atoms with Gasteiger partial charge in [0, 0.05) is 6.20 Å². The summed E-state index contributed by atoms with van der Waals surface area (Å²) in [6.07, 6.45) is 19.7. The number of nitrogens with zero attached hydrogens (tertiary/aromatic N) is 1. The lowest BCUT2D eigenvalue weighted by Gasteiger charge is -2.17. The third-order valence-corrected chi connectivity index (χ3v) is 3.97. The van der Waals surface area contributed by atoms with Crippen LogP contribution >= 0.6 is 0 Å². The molecule has 2 atom stereocenters. The summed E-state index contributed by atoms with van der Waals surface area (Å²) in [7, 11) is 0. The lowest BCUT2D eigenvalue weighted by atomic mass is 9.99. The summed E-state index contributed by atoms with van der Waals surface area (Å²) in [4.78, 5) is 28.7. The molecule has 0 saturated carbocycles. The Morgan fingerprint density at radius 3 is 2.00 bits per heavy atom. The van der Waals surface area contributed by atoms with Crippen LogP contribution in [0.5, 0.6) is 0 Å². The van der Waals surface area contributed by atoms with Gasteiger partial charge in [0.15, 0.2) is 0 Å². The second-order valence-corrected chi connectivity index (χ2v) is 5.71. The van der Waals surface area contributed by atoms with Gasteiger partial charge in [0.2, 0.25) is 11.8 Å². The predicted octanol–water partition coefficient (Wildman–Crippen LogP) is 3.22.